The Morgan fingerprint density at radius 2 is 2.13 bits per heavy atom. The fraction of sp³-hybridized carbons (Fsp3) is 0.800. The predicted octanol–water partition coefficient (Wildman–Crippen LogP) is 1.24. The fourth-order valence-electron chi connectivity index (χ4n) is 1.72. The first-order valence-corrected chi connectivity index (χ1v) is 4.90. The molecule has 1 aliphatic heterocycles. The molecule has 15 heavy (non-hydrogen) atoms. The van der Waals surface area contributed by atoms with Gasteiger partial charge < -0.3 is 14.9 Å². The van der Waals surface area contributed by atoms with E-state index in [-0.39, 0.29) is 13.5 Å². The van der Waals surface area contributed by atoms with Crippen LogP contribution in [0.4, 0.5) is 4.79 Å². The molecular formula is C10H20N2O3. The highest BCUT2D eigenvalue weighted by Gasteiger charge is 2.39. The second-order valence-electron chi connectivity index (χ2n) is 3.37. The molecule has 5 heteroatoms. The highest BCUT2D eigenvalue weighted by Crippen LogP contribution is 2.15. The van der Waals surface area contributed by atoms with Crippen LogP contribution in [0.5, 0.6) is 0 Å². The van der Waals surface area contributed by atoms with Gasteiger partial charge in [0.2, 0.25) is 0 Å². The zero-order chi connectivity index (χ0) is 10.7. The molecule has 0 radical (unpaired) electrons. The average Bonchev–Trinajstić information content (AvgIpc) is 2.44. The standard InChI is InChI=1S/C9H16N2O3.CH4/c1-3-5-10-6-7(8(12)13)11(4-2)9(10)14;/h7H,3-6H2,1-2H3,(H,12,13);1H4/t7-;/m0./s1. The molecule has 2 amide bonds. The first kappa shape index (κ1) is 13.7. The van der Waals surface area contributed by atoms with E-state index in [2.05, 4.69) is 0 Å². The van der Waals surface area contributed by atoms with Crippen LogP contribution in [-0.4, -0.2) is 52.6 Å². The van der Waals surface area contributed by atoms with E-state index in [0.717, 1.165) is 6.42 Å². The summed E-state index contributed by atoms with van der Waals surface area (Å²) in [5.74, 6) is -0.918. The van der Waals surface area contributed by atoms with Crippen molar-refractivity contribution in [3.8, 4) is 0 Å². The quantitative estimate of drug-likeness (QED) is 0.769. The lowest BCUT2D eigenvalue weighted by atomic mass is 10.3. The van der Waals surface area contributed by atoms with E-state index in [1.54, 1.807) is 11.8 Å². The van der Waals surface area contributed by atoms with E-state index in [4.69, 9.17) is 5.11 Å². The monoisotopic (exact) mass is 216 g/mol. The Morgan fingerprint density at radius 1 is 1.53 bits per heavy atom. The molecule has 0 bridgehead atoms. The van der Waals surface area contributed by atoms with E-state index in [0.29, 0.717) is 19.6 Å². The molecule has 88 valence electrons. The second-order valence-corrected chi connectivity index (χ2v) is 3.37. The van der Waals surface area contributed by atoms with Gasteiger partial charge in [0.1, 0.15) is 6.04 Å². The highest BCUT2D eigenvalue weighted by atomic mass is 16.4. The minimum absolute atomic E-state index is 0. The summed E-state index contributed by atoms with van der Waals surface area (Å²) in [6.45, 7) is 5.17. The van der Waals surface area contributed by atoms with Gasteiger partial charge in [0, 0.05) is 13.1 Å². The molecule has 1 saturated heterocycles. The lowest BCUT2D eigenvalue weighted by Gasteiger charge is -2.17. The number of carboxylic acids is 1. The van der Waals surface area contributed by atoms with Crippen molar-refractivity contribution in [2.75, 3.05) is 19.6 Å². The van der Waals surface area contributed by atoms with Crippen LogP contribution in [-0.2, 0) is 4.79 Å². The van der Waals surface area contributed by atoms with Crippen LogP contribution in [0.15, 0.2) is 0 Å². The molecule has 5 nitrogen and oxygen atoms in total. The average molecular weight is 216 g/mol. The molecular weight excluding hydrogens is 196 g/mol. The van der Waals surface area contributed by atoms with Crippen molar-refractivity contribution in [2.24, 2.45) is 0 Å². The molecule has 1 atom stereocenters. The summed E-state index contributed by atoms with van der Waals surface area (Å²) in [6.07, 6.45) is 0.857. The van der Waals surface area contributed by atoms with Crippen molar-refractivity contribution in [3.05, 3.63) is 0 Å². The Kier molecular flexibility index (Phi) is 5.11. The smallest absolute Gasteiger partial charge is 0.328 e. The van der Waals surface area contributed by atoms with Gasteiger partial charge in [-0.15, -0.1) is 0 Å². The number of likely N-dealkylation sites (N-methyl/N-ethyl adjacent to an activating group) is 1. The molecule has 1 rings (SSSR count). The minimum Gasteiger partial charge on any atom is -0.480 e. The van der Waals surface area contributed by atoms with Gasteiger partial charge in [-0.3, -0.25) is 0 Å². The number of carbonyl (C=O) groups is 2. The van der Waals surface area contributed by atoms with Crippen molar-refractivity contribution < 1.29 is 14.7 Å². The summed E-state index contributed by atoms with van der Waals surface area (Å²) in [4.78, 5) is 25.5. The molecule has 0 aromatic heterocycles. The van der Waals surface area contributed by atoms with Crippen molar-refractivity contribution in [2.45, 2.75) is 33.7 Å². The van der Waals surface area contributed by atoms with Crippen LogP contribution in [0.25, 0.3) is 0 Å². The maximum atomic E-state index is 11.6. The normalized spacial score (nSPS) is 20.4. The lowest BCUT2D eigenvalue weighted by molar-refractivity contribution is -0.141. The molecule has 0 aromatic carbocycles. The summed E-state index contributed by atoms with van der Waals surface area (Å²) in [6, 6.07) is -0.819. The van der Waals surface area contributed by atoms with Gasteiger partial charge in [-0.25, -0.2) is 9.59 Å². The Morgan fingerprint density at radius 3 is 2.47 bits per heavy atom. The molecule has 0 spiro atoms. The maximum absolute atomic E-state index is 11.6. The molecule has 1 heterocycles. The summed E-state index contributed by atoms with van der Waals surface area (Å²) >= 11 is 0. The Hall–Kier alpha value is -1.26. The van der Waals surface area contributed by atoms with E-state index in [9.17, 15) is 9.59 Å². The summed E-state index contributed by atoms with van der Waals surface area (Å²) in [7, 11) is 0. The van der Waals surface area contributed by atoms with Gasteiger partial charge in [0.15, 0.2) is 0 Å². The molecule has 0 unspecified atom stereocenters. The number of hydrogen-bond acceptors (Lipinski definition) is 2. The lowest BCUT2D eigenvalue weighted by Crippen LogP contribution is -2.39. The van der Waals surface area contributed by atoms with Crippen molar-refractivity contribution in [1.29, 1.82) is 0 Å². The first-order chi connectivity index (χ1) is 6.61. The van der Waals surface area contributed by atoms with Gasteiger partial charge in [0.05, 0.1) is 6.54 Å². The second kappa shape index (κ2) is 5.58. The van der Waals surface area contributed by atoms with E-state index in [1.807, 2.05) is 6.92 Å². The third-order valence-corrected chi connectivity index (χ3v) is 2.41. The Bertz CT molecular complexity index is 243. The number of hydrogen-bond donors (Lipinski definition) is 1. The van der Waals surface area contributed by atoms with Gasteiger partial charge in [-0.2, -0.15) is 0 Å². The van der Waals surface area contributed by atoms with Crippen molar-refractivity contribution >= 4 is 12.0 Å². The molecule has 0 saturated carbocycles. The van der Waals surface area contributed by atoms with Crippen molar-refractivity contribution in [1.82, 2.24) is 9.80 Å². The summed E-state index contributed by atoms with van der Waals surface area (Å²) < 4.78 is 0. The fourth-order valence-corrected chi connectivity index (χ4v) is 1.72. The third-order valence-electron chi connectivity index (χ3n) is 2.41. The Balaban J connectivity index is 0.00000196. The molecule has 1 N–H and O–H groups in total. The largest absolute Gasteiger partial charge is 0.480 e. The van der Waals surface area contributed by atoms with Gasteiger partial charge >= 0.3 is 12.0 Å². The zero-order valence-electron chi connectivity index (χ0n) is 8.56. The predicted molar refractivity (Wildman–Crippen MR) is 57.8 cm³/mol. The minimum atomic E-state index is -0.918. The number of carboxylic acid groups (broad SMARTS) is 1. The van der Waals surface area contributed by atoms with Crippen LogP contribution >= 0.6 is 0 Å². The van der Waals surface area contributed by atoms with E-state index in [1.165, 1.54) is 4.90 Å². The zero-order valence-corrected chi connectivity index (χ0v) is 8.56. The van der Waals surface area contributed by atoms with Crippen LogP contribution in [0.2, 0.25) is 0 Å². The van der Waals surface area contributed by atoms with Gasteiger partial charge in [0.25, 0.3) is 0 Å². The molecule has 0 aromatic rings. The number of urea groups is 1. The van der Waals surface area contributed by atoms with E-state index < -0.39 is 12.0 Å². The molecule has 0 aliphatic carbocycles. The maximum Gasteiger partial charge on any atom is 0.328 e. The van der Waals surface area contributed by atoms with Crippen LogP contribution in [0, 0.1) is 0 Å². The first-order valence-electron chi connectivity index (χ1n) is 4.90. The van der Waals surface area contributed by atoms with E-state index >= 15 is 0 Å². The van der Waals surface area contributed by atoms with Crippen LogP contribution in [0.3, 0.4) is 0 Å². The van der Waals surface area contributed by atoms with Gasteiger partial charge in [-0.05, 0) is 13.3 Å². The van der Waals surface area contributed by atoms with Crippen LogP contribution in [0.1, 0.15) is 27.7 Å². The molecule has 1 fully saturated rings. The number of carbonyl (C=O) groups excluding carboxylic acids is 1. The number of nitrogens with zero attached hydrogens (tertiary/aromatic N) is 2. The number of amides is 2. The number of rotatable bonds is 4. The summed E-state index contributed by atoms with van der Waals surface area (Å²) in [5.41, 5.74) is 0. The van der Waals surface area contributed by atoms with Crippen LogP contribution < -0.4 is 0 Å². The summed E-state index contributed by atoms with van der Waals surface area (Å²) in [5, 5.41) is 8.90. The molecule has 1 aliphatic rings. The topological polar surface area (TPSA) is 60.9 Å². The number of aliphatic carboxylic acids is 1. The van der Waals surface area contributed by atoms with Crippen molar-refractivity contribution in [3.63, 3.8) is 0 Å². The highest BCUT2D eigenvalue weighted by molar-refractivity contribution is 5.86. The SMILES string of the molecule is C.CCCN1C[C@@H](C(=O)O)N(CC)C1=O. The van der Waals surface area contributed by atoms with Gasteiger partial charge in [-0.1, -0.05) is 14.4 Å². The third kappa shape index (κ3) is 2.61. The Labute approximate surface area is 90.7 Å².